The van der Waals surface area contributed by atoms with Crippen molar-refractivity contribution in [3.8, 4) is 0 Å². The molecular weight excluding hydrogens is 278 g/mol. The summed E-state index contributed by atoms with van der Waals surface area (Å²) in [5, 5.41) is 6.94. The van der Waals surface area contributed by atoms with Gasteiger partial charge in [0.05, 0.1) is 0 Å². The molecule has 126 valence electrons. The summed E-state index contributed by atoms with van der Waals surface area (Å²) in [5.74, 6) is 0.645. The zero-order chi connectivity index (χ0) is 16.8. The Hall–Kier alpha value is -1.36. The van der Waals surface area contributed by atoms with Gasteiger partial charge in [-0.15, -0.1) is 0 Å². The standard InChI is InChI=1S/C17H31N3O2/c1-7-14-13(5)15(19-22-14)16(21)18-11-17(6,8-2)12-20(9-3)10-4/h7-12H2,1-6H3,(H,18,21). The maximum atomic E-state index is 12.3. The maximum absolute atomic E-state index is 12.3. The number of aromatic nitrogens is 1. The molecule has 1 N–H and O–H groups in total. The molecule has 1 aromatic heterocycles. The first-order chi connectivity index (χ1) is 10.4. The van der Waals surface area contributed by atoms with Gasteiger partial charge in [0.2, 0.25) is 0 Å². The van der Waals surface area contributed by atoms with Crippen molar-refractivity contribution in [2.45, 2.75) is 54.4 Å². The van der Waals surface area contributed by atoms with Crippen molar-refractivity contribution >= 4 is 5.91 Å². The molecule has 0 bridgehead atoms. The molecule has 1 unspecified atom stereocenters. The minimum absolute atomic E-state index is 0.0624. The highest BCUT2D eigenvalue weighted by atomic mass is 16.5. The molecule has 5 nitrogen and oxygen atoms in total. The molecule has 0 saturated carbocycles. The summed E-state index contributed by atoms with van der Waals surface area (Å²) in [6.45, 7) is 16.3. The lowest BCUT2D eigenvalue weighted by atomic mass is 9.86. The van der Waals surface area contributed by atoms with Crippen LogP contribution in [0, 0.1) is 12.3 Å². The van der Waals surface area contributed by atoms with Crippen LogP contribution in [0.5, 0.6) is 0 Å². The second kappa shape index (κ2) is 8.32. The number of aryl methyl sites for hydroxylation is 1. The summed E-state index contributed by atoms with van der Waals surface area (Å²) in [7, 11) is 0. The fourth-order valence-electron chi connectivity index (χ4n) is 2.57. The second-order valence-corrected chi connectivity index (χ2v) is 6.24. The van der Waals surface area contributed by atoms with Gasteiger partial charge in [0.1, 0.15) is 5.76 Å². The van der Waals surface area contributed by atoms with E-state index in [2.05, 4.69) is 43.1 Å². The number of hydrogen-bond acceptors (Lipinski definition) is 4. The lowest BCUT2D eigenvalue weighted by Gasteiger charge is -2.34. The molecule has 0 aliphatic carbocycles. The minimum atomic E-state index is -0.139. The first-order valence-corrected chi connectivity index (χ1v) is 8.36. The molecule has 0 aliphatic rings. The van der Waals surface area contributed by atoms with E-state index in [0.717, 1.165) is 43.8 Å². The summed E-state index contributed by atoms with van der Waals surface area (Å²) in [5.41, 5.74) is 1.33. The highest BCUT2D eigenvalue weighted by Gasteiger charge is 2.26. The lowest BCUT2D eigenvalue weighted by Crippen LogP contribution is -2.43. The number of nitrogens with one attached hydrogen (secondary N) is 1. The zero-order valence-electron chi connectivity index (χ0n) is 15.0. The third-order valence-corrected chi connectivity index (χ3v) is 4.59. The quantitative estimate of drug-likeness (QED) is 0.762. The number of amides is 1. The molecule has 0 fully saturated rings. The first kappa shape index (κ1) is 18.7. The van der Waals surface area contributed by atoms with Crippen LogP contribution < -0.4 is 5.32 Å². The molecule has 22 heavy (non-hydrogen) atoms. The Morgan fingerprint density at radius 3 is 2.36 bits per heavy atom. The van der Waals surface area contributed by atoms with E-state index in [1.54, 1.807) is 0 Å². The van der Waals surface area contributed by atoms with E-state index < -0.39 is 0 Å². The average molecular weight is 309 g/mol. The number of hydrogen-bond donors (Lipinski definition) is 1. The SMILES string of the molecule is CCc1onc(C(=O)NCC(C)(CC)CN(CC)CC)c1C. The van der Waals surface area contributed by atoms with Gasteiger partial charge in [-0.05, 0) is 31.8 Å². The highest BCUT2D eigenvalue weighted by Crippen LogP contribution is 2.22. The number of rotatable bonds is 9. The van der Waals surface area contributed by atoms with Crippen molar-refractivity contribution in [1.29, 1.82) is 0 Å². The van der Waals surface area contributed by atoms with Gasteiger partial charge in [0.25, 0.3) is 5.91 Å². The van der Waals surface area contributed by atoms with Crippen LogP contribution in [-0.2, 0) is 6.42 Å². The fourth-order valence-corrected chi connectivity index (χ4v) is 2.57. The van der Waals surface area contributed by atoms with Gasteiger partial charge in [-0.2, -0.15) is 0 Å². The van der Waals surface area contributed by atoms with Crippen LogP contribution in [0.1, 0.15) is 62.9 Å². The molecule has 0 radical (unpaired) electrons. The van der Waals surface area contributed by atoms with E-state index in [1.165, 1.54) is 0 Å². The predicted molar refractivity (Wildman–Crippen MR) is 89.1 cm³/mol. The fraction of sp³-hybridized carbons (Fsp3) is 0.765. The molecule has 0 spiro atoms. The van der Waals surface area contributed by atoms with Crippen LogP contribution in [0.2, 0.25) is 0 Å². The van der Waals surface area contributed by atoms with Crippen LogP contribution in [0.15, 0.2) is 4.52 Å². The highest BCUT2D eigenvalue weighted by molar-refractivity contribution is 5.93. The Balaban J connectivity index is 2.69. The van der Waals surface area contributed by atoms with E-state index in [1.807, 2.05) is 13.8 Å². The smallest absolute Gasteiger partial charge is 0.273 e. The molecular formula is C17H31N3O2. The third kappa shape index (κ3) is 4.57. The molecule has 0 aromatic carbocycles. The molecule has 1 rings (SSSR count). The molecule has 1 heterocycles. The summed E-state index contributed by atoms with van der Waals surface area (Å²) >= 11 is 0. The van der Waals surface area contributed by atoms with Crippen molar-refractivity contribution in [3.63, 3.8) is 0 Å². The largest absolute Gasteiger partial charge is 0.360 e. The van der Waals surface area contributed by atoms with Crippen LogP contribution in [0.25, 0.3) is 0 Å². The Morgan fingerprint density at radius 2 is 1.91 bits per heavy atom. The maximum Gasteiger partial charge on any atom is 0.273 e. The van der Waals surface area contributed by atoms with E-state index >= 15 is 0 Å². The molecule has 0 saturated heterocycles. The van der Waals surface area contributed by atoms with E-state index in [9.17, 15) is 4.79 Å². The van der Waals surface area contributed by atoms with Crippen molar-refractivity contribution in [2.75, 3.05) is 26.2 Å². The molecule has 1 aromatic rings. The van der Waals surface area contributed by atoms with Crippen molar-refractivity contribution < 1.29 is 9.32 Å². The lowest BCUT2D eigenvalue weighted by molar-refractivity contribution is 0.0903. The van der Waals surface area contributed by atoms with Crippen LogP contribution in [-0.4, -0.2) is 42.1 Å². The first-order valence-electron chi connectivity index (χ1n) is 8.36. The van der Waals surface area contributed by atoms with Gasteiger partial charge in [-0.1, -0.05) is 39.8 Å². The summed E-state index contributed by atoms with van der Waals surface area (Å²) in [4.78, 5) is 14.7. The van der Waals surface area contributed by atoms with Crippen LogP contribution in [0.3, 0.4) is 0 Å². The van der Waals surface area contributed by atoms with Crippen molar-refractivity contribution in [2.24, 2.45) is 5.41 Å². The van der Waals surface area contributed by atoms with Crippen molar-refractivity contribution in [1.82, 2.24) is 15.4 Å². The van der Waals surface area contributed by atoms with E-state index in [4.69, 9.17) is 4.52 Å². The Labute approximate surface area is 134 Å². The van der Waals surface area contributed by atoms with E-state index in [0.29, 0.717) is 12.2 Å². The summed E-state index contributed by atoms with van der Waals surface area (Å²) < 4.78 is 5.20. The monoisotopic (exact) mass is 309 g/mol. The van der Waals surface area contributed by atoms with Gasteiger partial charge in [0, 0.05) is 25.1 Å². The number of carbonyl (C=O) groups excluding carboxylic acids is 1. The average Bonchev–Trinajstić information content (AvgIpc) is 2.91. The molecule has 5 heteroatoms. The Kier molecular flexibility index (Phi) is 7.07. The predicted octanol–water partition coefficient (Wildman–Crippen LogP) is 3.03. The third-order valence-electron chi connectivity index (χ3n) is 4.59. The minimum Gasteiger partial charge on any atom is -0.360 e. The van der Waals surface area contributed by atoms with E-state index in [-0.39, 0.29) is 11.3 Å². The number of carbonyl (C=O) groups is 1. The van der Waals surface area contributed by atoms with Gasteiger partial charge in [0.15, 0.2) is 5.69 Å². The van der Waals surface area contributed by atoms with Gasteiger partial charge in [-0.3, -0.25) is 4.79 Å². The Bertz CT molecular complexity index is 480. The second-order valence-electron chi connectivity index (χ2n) is 6.24. The van der Waals surface area contributed by atoms with Gasteiger partial charge in [-0.25, -0.2) is 0 Å². The zero-order valence-corrected chi connectivity index (χ0v) is 15.0. The summed E-state index contributed by atoms with van der Waals surface area (Å²) in [6, 6.07) is 0. The topological polar surface area (TPSA) is 58.4 Å². The normalized spacial score (nSPS) is 14.1. The van der Waals surface area contributed by atoms with Gasteiger partial charge >= 0.3 is 0 Å². The van der Waals surface area contributed by atoms with Gasteiger partial charge < -0.3 is 14.7 Å². The molecule has 1 atom stereocenters. The molecule has 0 aliphatic heterocycles. The van der Waals surface area contributed by atoms with Crippen LogP contribution in [0.4, 0.5) is 0 Å². The Morgan fingerprint density at radius 1 is 1.27 bits per heavy atom. The van der Waals surface area contributed by atoms with Crippen molar-refractivity contribution in [3.05, 3.63) is 17.0 Å². The number of nitrogens with zero attached hydrogens (tertiary/aromatic N) is 2. The summed E-state index contributed by atoms with van der Waals surface area (Å²) in [6.07, 6.45) is 1.77. The molecule has 1 amide bonds. The van der Waals surface area contributed by atoms with Crippen LogP contribution >= 0.6 is 0 Å².